The minimum Gasteiger partial charge on any atom is -0.481 e. The molecule has 0 aromatic carbocycles. The number of amides is 2. The quantitative estimate of drug-likeness (QED) is 0.833. The van der Waals surface area contributed by atoms with Crippen molar-refractivity contribution in [1.29, 1.82) is 0 Å². The minimum absolute atomic E-state index is 0.0160. The van der Waals surface area contributed by atoms with E-state index in [4.69, 9.17) is 9.84 Å². The van der Waals surface area contributed by atoms with Crippen LogP contribution in [0.3, 0.4) is 0 Å². The third-order valence-electron chi connectivity index (χ3n) is 4.43. The van der Waals surface area contributed by atoms with Gasteiger partial charge in [-0.15, -0.1) is 0 Å². The van der Waals surface area contributed by atoms with Gasteiger partial charge >= 0.3 is 12.0 Å². The summed E-state index contributed by atoms with van der Waals surface area (Å²) >= 11 is 0. The zero-order valence-electron chi connectivity index (χ0n) is 12.9. The van der Waals surface area contributed by atoms with Gasteiger partial charge in [-0.25, -0.2) is 4.79 Å². The molecule has 2 aliphatic heterocycles. The van der Waals surface area contributed by atoms with Crippen LogP contribution in [0.1, 0.15) is 46.0 Å². The molecule has 1 spiro atoms. The fourth-order valence-corrected chi connectivity index (χ4v) is 3.35. The van der Waals surface area contributed by atoms with Crippen molar-refractivity contribution in [2.75, 3.05) is 19.7 Å². The van der Waals surface area contributed by atoms with Crippen LogP contribution < -0.4 is 5.32 Å². The number of aliphatic carboxylic acids is 1. The Hall–Kier alpha value is -1.30. The molecule has 2 fully saturated rings. The van der Waals surface area contributed by atoms with Crippen molar-refractivity contribution >= 4 is 12.0 Å². The number of hydrogen-bond acceptors (Lipinski definition) is 3. The third-order valence-corrected chi connectivity index (χ3v) is 4.43. The first kappa shape index (κ1) is 16.1. The molecule has 21 heavy (non-hydrogen) atoms. The molecule has 6 heteroatoms. The second-order valence-electron chi connectivity index (χ2n) is 6.58. The van der Waals surface area contributed by atoms with Gasteiger partial charge in [0.15, 0.2) is 0 Å². The maximum absolute atomic E-state index is 12.0. The summed E-state index contributed by atoms with van der Waals surface area (Å²) in [4.78, 5) is 24.7. The number of nitrogens with zero attached hydrogens (tertiary/aromatic N) is 1. The highest BCUT2D eigenvalue weighted by Crippen LogP contribution is 2.38. The fourth-order valence-electron chi connectivity index (χ4n) is 3.35. The molecule has 0 aliphatic carbocycles. The number of piperidine rings is 1. The number of rotatable bonds is 3. The Labute approximate surface area is 125 Å². The first-order valence-corrected chi connectivity index (χ1v) is 7.81. The van der Waals surface area contributed by atoms with E-state index < -0.39 is 5.97 Å². The van der Waals surface area contributed by atoms with Crippen molar-refractivity contribution in [2.45, 2.75) is 57.6 Å². The van der Waals surface area contributed by atoms with Gasteiger partial charge in [-0.3, -0.25) is 4.79 Å². The average molecular weight is 298 g/mol. The molecule has 2 rings (SSSR count). The third kappa shape index (κ3) is 4.33. The molecule has 0 bridgehead atoms. The second-order valence-corrected chi connectivity index (χ2v) is 6.58. The van der Waals surface area contributed by atoms with Crippen LogP contribution in [-0.2, 0) is 9.53 Å². The lowest BCUT2D eigenvalue weighted by Crippen LogP contribution is -2.53. The summed E-state index contributed by atoms with van der Waals surface area (Å²) < 4.78 is 5.98. The molecule has 0 aromatic heterocycles. The molecule has 2 saturated heterocycles. The lowest BCUT2D eigenvalue weighted by molar-refractivity contribution is -0.145. The number of carbonyl (C=O) groups is 2. The number of carbonyl (C=O) groups excluding carboxylic acids is 1. The Morgan fingerprint density at radius 2 is 2.05 bits per heavy atom. The van der Waals surface area contributed by atoms with E-state index in [1.54, 1.807) is 0 Å². The minimum atomic E-state index is -0.731. The van der Waals surface area contributed by atoms with Crippen LogP contribution in [-0.4, -0.2) is 53.3 Å². The largest absolute Gasteiger partial charge is 0.481 e. The molecular formula is C15H26N2O4. The molecule has 1 atom stereocenters. The summed E-state index contributed by atoms with van der Waals surface area (Å²) in [5.74, 6) is -0.530. The van der Waals surface area contributed by atoms with Gasteiger partial charge in [0.25, 0.3) is 0 Å². The normalized spacial score (nSPS) is 25.1. The lowest BCUT2D eigenvalue weighted by Gasteiger charge is -2.46. The second kappa shape index (κ2) is 6.64. The predicted octanol–water partition coefficient (Wildman–Crippen LogP) is 1.84. The Morgan fingerprint density at radius 1 is 1.38 bits per heavy atom. The molecule has 2 aliphatic rings. The van der Waals surface area contributed by atoms with E-state index in [0.717, 1.165) is 25.7 Å². The molecule has 6 nitrogen and oxygen atoms in total. The van der Waals surface area contributed by atoms with Crippen LogP contribution in [0.25, 0.3) is 0 Å². The number of nitrogens with one attached hydrogen (secondary N) is 1. The Kier molecular flexibility index (Phi) is 5.08. The van der Waals surface area contributed by atoms with E-state index in [1.165, 1.54) is 0 Å². The molecule has 0 aromatic rings. The number of urea groups is 1. The molecule has 120 valence electrons. The van der Waals surface area contributed by atoms with Crippen LogP contribution in [0.5, 0.6) is 0 Å². The van der Waals surface area contributed by atoms with Crippen LogP contribution >= 0.6 is 0 Å². The summed E-state index contributed by atoms with van der Waals surface area (Å²) in [7, 11) is 0. The highest BCUT2D eigenvalue weighted by Gasteiger charge is 2.41. The van der Waals surface area contributed by atoms with E-state index in [1.807, 2.05) is 18.7 Å². The molecule has 0 unspecified atom stereocenters. The van der Waals surface area contributed by atoms with Crippen molar-refractivity contribution in [3.8, 4) is 0 Å². The monoisotopic (exact) mass is 298 g/mol. The number of carboxylic acid groups (broad SMARTS) is 1. The van der Waals surface area contributed by atoms with Crippen molar-refractivity contribution in [3.63, 3.8) is 0 Å². The molecule has 0 radical (unpaired) electrons. The van der Waals surface area contributed by atoms with Gasteiger partial charge in [-0.2, -0.15) is 0 Å². The van der Waals surface area contributed by atoms with E-state index in [2.05, 4.69) is 5.32 Å². The molecule has 2 N–H and O–H groups in total. The van der Waals surface area contributed by atoms with Gasteiger partial charge < -0.3 is 20.1 Å². The number of hydrogen-bond donors (Lipinski definition) is 2. The van der Waals surface area contributed by atoms with Crippen LogP contribution in [0.15, 0.2) is 0 Å². The zero-order valence-corrected chi connectivity index (χ0v) is 12.9. The van der Waals surface area contributed by atoms with Crippen molar-refractivity contribution in [3.05, 3.63) is 0 Å². The van der Waals surface area contributed by atoms with Gasteiger partial charge in [-0.1, -0.05) is 0 Å². The topological polar surface area (TPSA) is 78.9 Å². The van der Waals surface area contributed by atoms with Gasteiger partial charge in [0, 0.05) is 32.2 Å². The Bertz CT molecular complexity index is 389. The summed E-state index contributed by atoms with van der Waals surface area (Å²) in [6.07, 6.45) is 3.45. The molecule has 2 heterocycles. The summed E-state index contributed by atoms with van der Waals surface area (Å²) in [6, 6.07) is 0.122. The number of ether oxygens (including phenoxy) is 1. The van der Waals surface area contributed by atoms with Crippen molar-refractivity contribution in [2.24, 2.45) is 5.92 Å². The molecule has 2 amide bonds. The van der Waals surface area contributed by atoms with Gasteiger partial charge in [-0.05, 0) is 45.4 Å². The van der Waals surface area contributed by atoms with E-state index >= 15 is 0 Å². The highest BCUT2D eigenvalue weighted by atomic mass is 16.5. The standard InChI is InChI=1S/C15H26N2O4/c1-11(2)16-14(20)17-6-4-15(5-7-17)10-12(3-8-21-15)9-13(18)19/h11-12H,3-10H2,1-2H3,(H,16,20)(H,18,19)/t12-/m0/s1. The first-order valence-electron chi connectivity index (χ1n) is 7.81. The van der Waals surface area contributed by atoms with Crippen molar-refractivity contribution in [1.82, 2.24) is 10.2 Å². The maximum atomic E-state index is 12.0. The van der Waals surface area contributed by atoms with E-state index in [-0.39, 0.29) is 30.0 Å². The highest BCUT2D eigenvalue weighted by molar-refractivity contribution is 5.74. The zero-order chi connectivity index (χ0) is 15.5. The Morgan fingerprint density at radius 3 is 2.62 bits per heavy atom. The number of likely N-dealkylation sites (tertiary alicyclic amines) is 1. The van der Waals surface area contributed by atoms with Gasteiger partial charge in [0.1, 0.15) is 0 Å². The van der Waals surface area contributed by atoms with E-state index in [9.17, 15) is 9.59 Å². The van der Waals surface area contributed by atoms with Crippen LogP contribution in [0.4, 0.5) is 4.79 Å². The SMILES string of the molecule is CC(C)NC(=O)N1CCC2(CC1)C[C@H](CC(=O)O)CCO2. The smallest absolute Gasteiger partial charge is 0.317 e. The maximum Gasteiger partial charge on any atom is 0.317 e. The number of carboxylic acids is 1. The summed E-state index contributed by atoms with van der Waals surface area (Å²) in [5, 5.41) is 11.9. The summed E-state index contributed by atoms with van der Waals surface area (Å²) in [5.41, 5.74) is -0.215. The Balaban J connectivity index is 1.87. The first-order chi connectivity index (χ1) is 9.90. The predicted molar refractivity (Wildman–Crippen MR) is 78.1 cm³/mol. The molecular weight excluding hydrogens is 272 g/mol. The van der Waals surface area contributed by atoms with Crippen LogP contribution in [0, 0.1) is 5.92 Å². The van der Waals surface area contributed by atoms with E-state index in [0.29, 0.717) is 19.7 Å². The molecule has 0 saturated carbocycles. The van der Waals surface area contributed by atoms with Gasteiger partial charge in [0.05, 0.1) is 5.60 Å². The van der Waals surface area contributed by atoms with Gasteiger partial charge in [0.2, 0.25) is 0 Å². The van der Waals surface area contributed by atoms with Crippen molar-refractivity contribution < 1.29 is 19.4 Å². The summed E-state index contributed by atoms with van der Waals surface area (Å²) in [6.45, 7) is 5.89. The average Bonchev–Trinajstić information content (AvgIpc) is 2.38. The fraction of sp³-hybridized carbons (Fsp3) is 0.867. The lowest BCUT2D eigenvalue weighted by atomic mass is 9.78. The van der Waals surface area contributed by atoms with Crippen LogP contribution in [0.2, 0.25) is 0 Å².